The third kappa shape index (κ3) is 13.8. The molecule has 4 rings (SSSR count). The maximum Gasteiger partial charge on any atom is 0.333 e. The van der Waals surface area contributed by atoms with Gasteiger partial charge < -0.3 is 24.4 Å². The van der Waals surface area contributed by atoms with Crippen LogP contribution in [0.4, 0.5) is 0 Å². The van der Waals surface area contributed by atoms with Gasteiger partial charge in [-0.3, -0.25) is 0 Å². The van der Waals surface area contributed by atoms with E-state index < -0.39 is 17.4 Å². The Hall–Kier alpha value is -4.98. The summed E-state index contributed by atoms with van der Waals surface area (Å²) >= 11 is 0. The molecule has 0 saturated heterocycles. The average Bonchev–Trinajstić information content (AvgIpc) is 3.26. The van der Waals surface area contributed by atoms with Crippen LogP contribution in [0.25, 0.3) is 33.4 Å². The maximum atomic E-state index is 12.2. The van der Waals surface area contributed by atoms with Gasteiger partial charge >= 0.3 is 11.9 Å². The fourth-order valence-corrected chi connectivity index (χ4v) is 7.60. The lowest BCUT2D eigenvalue weighted by molar-refractivity contribution is -0.139. The molecule has 0 aliphatic rings. The van der Waals surface area contributed by atoms with Crippen molar-refractivity contribution in [2.24, 2.45) is 5.41 Å². The molecule has 2 N–H and O–H groups in total. The zero-order valence-corrected chi connectivity index (χ0v) is 36.9. The number of unbranched alkanes of at least 4 members (excludes halogenated alkanes) is 2. The molecule has 0 unspecified atom stereocenters. The van der Waals surface area contributed by atoms with Gasteiger partial charge in [0.15, 0.2) is 0 Å². The molecule has 0 saturated carbocycles. The molecule has 0 heterocycles. The quantitative estimate of drug-likeness (QED) is 0.0370. The second kappa shape index (κ2) is 24.3. The molecule has 0 atom stereocenters. The molecule has 0 amide bonds. The Kier molecular flexibility index (Phi) is 19.3. The number of aliphatic hydroxyl groups excluding tert-OH is 2. The summed E-state index contributed by atoms with van der Waals surface area (Å²) in [6.45, 7) is 17.6. The van der Waals surface area contributed by atoms with Gasteiger partial charge in [0.05, 0.1) is 33.0 Å². The predicted molar refractivity (Wildman–Crippen MR) is 245 cm³/mol. The van der Waals surface area contributed by atoms with Gasteiger partial charge in [0.2, 0.25) is 0 Å². The minimum absolute atomic E-state index is 0.130. The maximum absolute atomic E-state index is 12.2. The molecule has 60 heavy (non-hydrogen) atoms. The first-order valence-electron chi connectivity index (χ1n) is 22.0. The Morgan fingerprint density at radius 3 is 1.58 bits per heavy atom. The summed E-state index contributed by atoms with van der Waals surface area (Å²) < 4.78 is 17.5. The van der Waals surface area contributed by atoms with Crippen LogP contribution in [-0.2, 0) is 44.7 Å². The van der Waals surface area contributed by atoms with E-state index in [-0.39, 0.29) is 26.4 Å². The molecule has 7 nitrogen and oxygen atoms in total. The number of ether oxygens (including phenoxy) is 3. The van der Waals surface area contributed by atoms with Crippen molar-refractivity contribution in [3.05, 3.63) is 125 Å². The summed E-state index contributed by atoms with van der Waals surface area (Å²) in [5, 5.41) is 20.5. The number of carbonyl (C=O) groups is 2. The van der Waals surface area contributed by atoms with E-state index in [0.717, 1.165) is 47.3 Å². The Balaban J connectivity index is 1.68. The highest BCUT2D eigenvalue weighted by molar-refractivity contribution is 5.87. The molecule has 4 aromatic rings. The van der Waals surface area contributed by atoms with E-state index in [0.29, 0.717) is 56.3 Å². The van der Waals surface area contributed by atoms with Crippen LogP contribution < -0.4 is 4.74 Å². The molecule has 0 bridgehead atoms. The largest absolute Gasteiger partial charge is 0.493 e. The minimum Gasteiger partial charge on any atom is -0.493 e. The number of aliphatic hydroxyl groups is 2. The van der Waals surface area contributed by atoms with E-state index in [2.05, 4.69) is 106 Å². The summed E-state index contributed by atoms with van der Waals surface area (Å²) in [4.78, 5) is 24.4. The van der Waals surface area contributed by atoms with Gasteiger partial charge in [-0.25, -0.2) is 9.59 Å². The van der Waals surface area contributed by atoms with Gasteiger partial charge in [-0.15, -0.1) is 0 Å². The normalized spacial score (nSPS) is 11.3. The number of benzene rings is 4. The van der Waals surface area contributed by atoms with Gasteiger partial charge in [-0.2, -0.15) is 0 Å². The minimum atomic E-state index is -0.639. The zero-order valence-electron chi connectivity index (χ0n) is 36.9. The SMILES string of the molecule is C=C(C)C(=O)OCCCc1cc(-c2ccc(-c3ccc(-c4ccc(CCCCC)cc4)cc3)c(CC)c2)cc(CCCOC(=O)C(=C)C)c1OCCC(CO)(CO)CCC. The highest BCUT2D eigenvalue weighted by atomic mass is 16.5. The molecular weight excluding hydrogens is 749 g/mol. The number of aryl methyl sites for hydroxylation is 4. The van der Waals surface area contributed by atoms with Crippen LogP contribution >= 0.6 is 0 Å². The molecular formula is C53H68O7. The van der Waals surface area contributed by atoms with Crippen LogP contribution in [0.1, 0.15) is 108 Å². The van der Waals surface area contributed by atoms with E-state index in [1.807, 2.05) is 6.92 Å². The fourth-order valence-electron chi connectivity index (χ4n) is 7.60. The van der Waals surface area contributed by atoms with Gasteiger partial charge in [0, 0.05) is 16.6 Å². The Morgan fingerprint density at radius 2 is 1.08 bits per heavy atom. The Labute approximate surface area is 359 Å². The van der Waals surface area contributed by atoms with Crippen LogP contribution in [0.3, 0.4) is 0 Å². The van der Waals surface area contributed by atoms with Crippen molar-refractivity contribution >= 4 is 11.9 Å². The number of carbonyl (C=O) groups excluding carboxylic acids is 2. The van der Waals surface area contributed by atoms with Gasteiger partial charge in [-0.1, -0.05) is 120 Å². The second-order valence-electron chi connectivity index (χ2n) is 16.3. The number of esters is 2. The number of hydrogen-bond donors (Lipinski definition) is 2. The first-order valence-corrected chi connectivity index (χ1v) is 22.0. The van der Waals surface area contributed by atoms with Crippen LogP contribution in [0.5, 0.6) is 5.75 Å². The first kappa shape index (κ1) is 47.7. The third-order valence-electron chi connectivity index (χ3n) is 11.3. The molecule has 0 fully saturated rings. The average molecular weight is 817 g/mol. The van der Waals surface area contributed by atoms with Crippen molar-refractivity contribution in [1.82, 2.24) is 0 Å². The predicted octanol–water partition coefficient (Wildman–Crippen LogP) is 11.6. The molecule has 322 valence electrons. The summed E-state index contributed by atoms with van der Waals surface area (Å²) in [6, 6.07) is 28.8. The number of rotatable bonds is 26. The van der Waals surface area contributed by atoms with E-state index >= 15 is 0 Å². The van der Waals surface area contributed by atoms with Gasteiger partial charge in [0.25, 0.3) is 0 Å². The van der Waals surface area contributed by atoms with Crippen molar-refractivity contribution in [3.8, 4) is 39.1 Å². The summed E-state index contributed by atoms with van der Waals surface area (Å²) in [7, 11) is 0. The molecule has 0 aromatic heterocycles. The highest BCUT2D eigenvalue weighted by Gasteiger charge is 2.28. The zero-order chi connectivity index (χ0) is 43.5. The molecule has 4 aromatic carbocycles. The van der Waals surface area contributed by atoms with Crippen molar-refractivity contribution in [2.75, 3.05) is 33.0 Å². The second-order valence-corrected chi connectivity index (χ2v) is 16.3. The molecule has 0 aliphatic carbocycles. The lowest BCUT2D eigenvalue weighted by Crippen LogP contribution is -2.31. The Bertz CT molecular complexity index is 1950. The van der Waals surface area contributed by atoms with Crippen molar-refractivity contribution in [1.29, 1.82) is 0 Å². The summed E-state index contributed by atoms with van der Waals surface area (Å²) in [6.07, 6.45) is 9.98. The van der Waals surface area contributed by atoms with E-state index in [9.17, 15) is 19.8 Å². The third-order valence-corrected chi connectivity index (χ3v) is 11.3. The molecule has 7 heteroatoms. The topological polar surface area (TPSA) is 102 Å². The van der Waals surface area contributed by atoms with Crippen molar-refractivity contribution in [2.45, 2.75) is 112 Å². The van der Waals surface area contributed by atoms with Crippen LogP contribution in [-0.4, -0.2) is 55.2 Å². The first-order chi connectivity index (χ1) is 29.0. The highest BCUT2D eigenvalue weighted by Crippen LogP contribution is 2.37. The van der Waals surface area contributed by atoms with E-state index in [4.69, 9.17) is 14.2 Å². The standard InChI is InChI=1S/C53H68O7/c1-8-11-12-15-40-18-20-42(21-19-40)43-22-24-44(25-23-43)49-27-26-45(33-41(49)10-3)48-34-46(16-13-30-59-51(56)38(4)5)50(58-32-29-53(36-54,37-55)28-9-2)47(35-48)17-14-31-60-52(57)39(6)7/h18-27,33-35,54-55H,4,6,8-17,28-32,36-37H2,1-3,5,7H3. The fraction of sp³-hybridized carbons (Fsp3) is 0.434. The van der Waals surface area contributed by atoms with E-state index in [1.54, 1.807) is 13.8 Å². The molecule has 0 spiro atoms. The van der Waals surface area contributed by atoms with Crippen LogP contribution in [0, 0.1) is 5.41 Å². The lowest BCUT2D eigenvalue weighted by Gasteiger charge is -2.30. The van der Waals surface area contributed by atoms with Gasteiger partial charge in [-0.05, 0) is 139 Å². The van der Waals surface area contributed by atoms with Crippen LogP contribution in [0.2, 0.25) is 0 Å². The summed E-state index contributed by atoms with van der Waals surface area (Å²) in [5.74, 6) is -0.102. The lowest BCUT2D eigenvalue weighted by atomic mass is 9.82. The van der Waals surface area contributed by atoms with Crippen LogP contribution in [0.15, 0.2) is 103 Å². The monoisotopic (exact) mass is 816 g/mol. The smallest absolute Gasteiger partial charge is 0.333 e. The Morgan fingerprint density at radius 1 is 0.567 bits per heavy atom. The van der Waals surface area contributed by atoms with Gasteiger partial charge in [0.1, 0.15) is 5.75 Å². The molecule has 0 aliphatic heterocycles. The summed E-state index contributed by atoms with van der Waals surface area (Å²) in [5.41, 5.74) is 11.5. The number of hydrogen-bond acceptors (Lipinski definition) is 7. The molecule has 0 radical (unpaired) electrons. The van der Waals surface area contributed by atoms with Crippen molar-refractivity contribution < 1.29 is 34.0 Å². The van der Waals surface area contributed by atoms with Crippen molar-refractivity contribution in [3.63, 3.8) is 0 Å². The van der Waals surface area contributed by atoms with E-state index in [1.165, 1.54) is 52.6 Å².